The van der Waals surface area contributed by atoms with Gasteiger partial charge in [0, 0.05) is 29.4 Å². The molecule has 1 amide bonds. The van der Waals surface area contributed by atoms with E-state index in [4.69, 9.17) is 0 Å². The number of thiazole rings is 1. The average Bonchev–Trinajstić information content (AvgIpc) is 3.06. The Bertz CT molecular complexity index is 815. The highest BCUT2D eigenvalue weighted by Gasteiger charge is 2.12. The molecule has 0 atom stereocenters. The molecule has 112 valence electrons. The van der Waals surface area contributed by atoms with Gasteiger partial charge in [0.2, 0.25) is 0 Å². The van der Waals surface area contributed by atoms with Crippen molar-refractivity contribution in [2.45, 2.75) is 13.8 Å². The molecule has 0 fully saturated rings. The van der Waals surface area contributed by atoms with Crippen LogP contribution in [0, 0.1) is 13.8 Å². The molecule has 6 heteroatoms. The number of rotatable bonds is 3. The highest BCUT2D eigenvalue weighted by molar-refractivity contribution is 7.09. The molecule has 0 radical (unpaired) electrons. The van der Waals surface area contributed by atoms with Gasteiger partial charge >= 0.3 is 0 Å². The number of aromatic nitrogens is 3. The molecule has 0 aliphatic carbocycles. The molecule has 22 heavy (non-hydrogen) atoms. The van der Waals surface area contributed by atoms with Crippen LogP contribution in [-0.4, -0.2) is 20.7 Å². The minimum absolute atomic E-state index is 0.213. The van der Waals surface area contributed by atoms with Gasteiger partial charge in [-0.25, -0.2) is 4.98 Å². The molecule has 1 aromatic carbocycles. The molecule has 2 heterocycles. The Balaban J connectivity index is 1.82. The fraction of sp³-hybridized carbons (Fsp3) is 0.188. The highest BCUT2D eigenvalue weighted by atomic mass is 32.1. The fourth-order valence-electron chi connectivity index (χ4n) is 2.12. The SMILES string of the molecule is Cc1nc(-c2cccc(NC(=O)c3cc(C)n(C)n3)c2)cs1. The second-order valence-corrected chi connectivity index (χ2v) is 6.14. The topological polar surface area (TPSA) is 59.8 Å². The van der Waals surface area contributed by atoms with Gasteiger partial charge in [0.25, 0.3) is 5.91 Å². The molecule has 0 spiro atoms. The van der Waals surface area contributed by atoms with Crippen molar-refractivity contribution in [1.82, 2.24) is 14.8 Å². The van der Waals surface area contributed by atoms with Gasteiger partial charge in [-0.05, 0) is 32.0 Å². The number of benzene rings is 1. The Morgan fingerprint density at radius 2 is 2.09 bits per heavy atom. The lowest BCUT2D eigenvalue weighted by atomic mass is 10.1. The largest absolute Gasteiger partial charge is 0.321 e. The maximum Gasteiger partial charge on any atom is 0.276 e. The van der Waals surface area contributed by atoms with E-state index < -0.39 is 0 Å². The first-order valence-corrected chi connectivity index (χ1v) is 7.75. The van der Waals surface area contributed by atoms with E-state index in [9.17, 15) is 4.79 Å². The summed E-state index contributed by atoms with van der Waals surface area (Å²) in [6, 6.07) is 9.43. The quantitative estimate of drug-likeness (QED) is 0.806. The first kappa shape index (κ1) is 14.5. The van der Waals surface area contributed by atoms with Gasteiger partial charge < -0.3 is 5.32 Å². The number of carbonyl (C=O) groups excluding carboxylic acids is 1. The number of amides is 1. The van der Waals surface area contributed by atoms with Crippen LogP contribution in [0.15, 0.2) is 35.7 Å². The van der Waals surface area contributed by atoms with Crippen LogP contribution in [0.4, 0.5) is 5.69 Å². The van der Waals surface area contributed by atoms with Crippen LogP contribution < -0.4 is 5.32 Å². The summed E-state index contributed by atoms with van der Waals surface area (Å²) < 4.78 is 1.68. The normalized spacial score (nSPS) is 10.7. The number of hydrogen-bond acceptors (Lipinski definition) is 4. The van der Waals surface area contributed by atoms with Crippen LogP contribution in [0.5, 0.6) is 0 Å². The van der Waals surface area contributed by atoms with E-state index >= 15 is 0 Å². The summed E-state index contributed by atoms with van der Waals surface area (Å²) in [5.41, 5.74) is 4.00. The third-order valence-electron chi connectivity index (χ3n) is 3.38. The van der Waals surface area contributed by atoms with Gasteiger partial charge in [-0.3, -0.25) is 9.48 Å². The van der Waals surface area contributed by atoms with E-state index in [1.165, 1.54) is 0 Å². The first-order valence-electron chi connectivity index (χ1n) is 6.87. The molecule has 0 aliphatic rings. The van der Waals surface area contributed by atoms with E-state index in [0.29, 0.717) is 5.69 Å². The molecule has 2 aromatic heterocycles. The van der Waals surface area contributed by atoms with Crippen LogP contribution in [0.25, 0.3) is 11.3 Å². The Morgan fingerprint density at radius 3 is 2.73 bits per heavy atom. The number of carbonyl (C=O) groups is 1. The van der Waals surface area contributed by atoms with Gasteiger partial charge in [-0.1, -0.05) is 12.1 Å². The van der Waals surface area contributed by atoms with Crippen molar-refractivity contribution in [2.24, 2.45) is 7.05 Å². The zero-order valence-electron chi connectivity index (χ0n) is 12.6. The molecule has 1 N–H and O–H groups in total. The van der Waals surface area contributed by atoms with Gasteiger partial charge in [0.1, 0.15) is 0 Å². The van der Waals surface area contributed by atoms with Gasteiger partial charge in [-0.2, -0.15) is 5.10 Å². The van der Waals surface area contributed by atoms with Gasteiger partial charge in [0.05, 0.1) is 10.7 Å². The molecule has 0 saturated heterocycles. The van der Waals surface area contributed by atoms with E-state index in [2.05, 4.69) is 15.4 Å². The second-order valence-electron chi connectivity index (χ2n) is 5.08. The molecular formula is C16H16N4OS. The summed E-state index contributed by atoms with van der Waals surface area (Å²) in [5, 5.41) is 10.1. The summed E-state index contributed by atoms with van der Waals surface area (Å²) in [7, 11) is 1.82. The molecule has 0 aliphatic heterocycles. The lowest BCUT2D eigenvalue weighted by Crippen LogP contribution is -2.13. The van der Waals surface area contributed by atoms with Gasteiger partial charge in [0.15, 0.2) is 5.69 Å². The van der Waals surface area contributed by atoms with E-state index in [1.807, 2.05) is 50.5 Å². The predicted molar refractivity (Wildman–Crippen MR) is 88.2 cm³/mol. The van der Waals surface area contributed by atoms with Crippen LogP contribution in [0.3, 0.4) is 0 Å². The van der Waals surface area contributed by atoms with Crippen LogP contribution in [0.2, 0.25) is 0 Å². The third-order valence-corrected chi connectivity index (χ3v) is 4.16. The molecule has 0 saturated carbocycles. The van der Waals surface area contributed by atoms with Crippen LogP contribution in [0.1, 0.15) is 21.2 Å². The maximum absolute atomic E-state index is 12.2. The molecule has 0 unspecified atom stereocenters. The van der Waals surface area contributed by atoms with Crippen LogP contribution in [-0.2, 0) is 7.05 Å². The number of nitrogens with zero attached hydrogens (tertiary/aromatic N) is 3. The Kier molecular flexibility index (Phi) is 3.77. The maximum atomic E-state index is 12.2. The summed E-state index contributed by atoms with van der Waals surface area (Å²) in [6.07, 6.45) is 0. The van der Waals surface area contributed by atoms with Crippen molar-refractivity contribution >= 4 is 22.9 Å². The monoisotopic (exact) mass is 312 g/mol. The zero-order chi connectivity index (χ0) is 15.7. The third kappa shape index (κ3) is 2.92. The minimum atomic E-state index is -0.213. The number of aryl methyl sites for hydroxylation is 3. The Labute approximate surface area is 132 Å². The van der Waals surface area contributed by atoms with Crippen molar-refractivity contribution in [3.05, 3.63) is 52.1 Å². The summed E-state index contributed by atoms with van der Waals surface area (Å²) in [4.78, 5) is 16.7. The first-order chi connectivity index (χ1) is 10.5. The molecule has 5 nitrogen and oxygen atoms in total. The van der Waals surface area contributed by atoms with E-state index in [0.717, 1.165) is 27.6 Å². The summed E-state index contributed by atoms with van der Waals surface area (Å²) in [5.74, 6) is -0.213. The lowest BCUT2D eigenvalue weighted by molar-refractivity contribution is 0.102. The molecule has 0 bridgehead atoms. The fourth-order valence-corrected chi connectivity index (χ4v) is 2.74. The Hall–Kier alpha value is -2.47. The Morgan fingerprint density at radius 1 is 1.27 bits per heavy atom. The van der Waals surface area contributed by atoms with E-state index in [1.54, 1.807) is 22.1 Å². The number of nitrogens with one attached hydrogen (secondary N) is 1. The minimum Gasteiger partial charge on any atom is -0.321 e. The van der Waals surface area contributed by atoms with Crippen molar-refractivity contribution in [1.29, 1.82) is 0 Å². The molecule has 3 aromatic rings. The number of hydrogen-bond donors (Lipinski definition) is 1. The molecule has 3 rings (SSSR count). The standard InChI is InChI=1S/C16H16N4OS/c1-10-7-14(19-20(10)3)16(21)18-13-6-4-5-12(8-13)15-9-22-11(2)17-15/h4-9H,1-3H3,(H,18,21). The second kappa shape index (κ2) is 5.73. The van der Waals surface area contributed by atoms with Crippen molar-refractivity contribution in [3.8, 4) is 11.3 Å². The van der Waals surface area contributed by atoms with Gasteiger partial charge in [-0.15, -0.1) is 11.3 Å². The summed E-state index contributed by atoms with van der Waals surface area (Å²) >= 11 is 1.61. The van der Waals surface area contributed by atoms with E-state index in [-0.39, 0.29) is 5.91 Å². The van der Waals surface area contributed by atoms with Crippen molar-refractivity contribution in [2.75, 3.05) is 5.32 Å². The molecular weight excluding hydrogens is 296 g/mol. The van der Waals surface area contributed by atoms with Crippen LogP contribution >= 0.6 is 11.3 Å². The predicted octanol–water partition coefficient (Wildman–Crippen LogP) is 3.41. The average molecular weight is 312 g/mol. The van der Waals surface area contributed by atoms with Crippen molar-refractivity contribution in [3.63, 3.8) is 0 Å². The summed E-state index contributed by atoms with van der Waals surface area (Å²) in [6.45, 7) is 3.89. The highest BCUT2D eigenvalue weighted by Crippen LogP contribution is 2.24. The van der Waals surface area contributed by atoms with Crippen molar-refractivity contribution < 1.29 is 4.79 Å². The zero-order valence-corrected chi connectivity index (χ0v) is 13.4. The smallest absolute Gasteiger partial charge is 0.276 e. The lowest BCUT2D eigenvalue weighted by Gasteiger charge is -2.05. The number of anilines is 1.